The predicted molar refractivity (Wildman–Crippen MR) is 83.9 cm³/mol. The van der Waals surface area contributed by atoms with Crippen LogP contribution in [0.3, 0.4) is 0 Å². The second-order valence-corrected chi connectivity index (χ2v) is 6.49. The molecule has 21 heavy (non-hydrogen) atoms. The number of hydrogen-bond donors (Lipinski definition) is 1. The maximum absolute atomic E-state index is 12.2. The van der Waals surface area contributed by atoms with E-state index in [1.54, 1.807) is 0 Å². The summed E-state index contributed by atoms with van der Waals surface area (Å²) in [5.74, 6) is 0.873. The molecule has 1 aromatic rings. The van der Waals surface area contributed by atoms with Crippen molar-refractivity contribution < 1.29 is 4.79 Å². The molecule has 1 unspecified atom stereocenters. The molecule has 4 nitrogen and oxygen atoms in total. The molecule has 2 aliphatic heterocycles. The molecule has 3 rings (SSSR count). The number of aryl methyl sites for hydroxylation is 1. The smallest absolute Gasteiger partial charge is 0.238 e. The lowest BCUT2D eigenvalue weighted by Crippen LogP contribution is -2.39. The van der Waals surface area contributed by atoms with Crippen LogP contribution >= 0.6 is 0 Å². The van der Waals surface area contributed by atoms with Gasteiger partial charge in [0.15, 0.2) is 0 Å². The molecule has 0 radical (unpaired) electrons. The molecule has 0 aromatic heterocycles. The summed E-state index contributed by atoms with van der Waals surface area (Å²) >= 11 is 0. The highest BCUT2D eigenvalue weighted by molar-refractivity contribution is 5.81. The lowest BCUT2D eigenvalue weighted by Gasteiger charge is -2.33. The van der Waals surface area contributed by atoms with E-state index in [9.17, 15) is 4.79 Å². The number of amides is 1. The second kappa shape index (κ2) is 6.16. The van der Waals surface area contributed by atoms with Gasteiger partial charge in [-0.3, -0.25) is 10.1 Å². The monoisotopic (exact) mass is 287 g/mol. The molecule has 1 amide bonds. The molecule has 0 spiro atoms. The number of benzene rings is 1. The average molecular weight is 287 g/mol. The van der Waals surface area contributed by atoms with Gasteiger partial charge in [0.1, 0.15) is 6.17 Å². The number of nitrogens with one attached hydrogen (secondary N) is 1. The number of piperidine rings is 1. The number of carbonyl (C=O) groups is 1. The largest absolute Gasteiger partial charge is 0.322 e. The number of hydrogen-bond acceptors (Lipinski definition) is 3. The van der Waals surface area contributed by atoms with Gasteiger partial charge in [0.25, 0.3) is 0 Å². The van der Waals surface area contributed by atoms with Crippen LogP contribution in [0.4, 0.5) is 0 Å². The van der Waals surface area contributed by atoms with E-state index in [0.29, 0.717) is 12.5 Å². The molecule has 1 atom stereocenters. The highest BCUT2D eigenvalue weighted by Gasteiger charge is 2.33. The zero-order valence-corrected chi connectivity index (χ0v) is 13.0. The van der Waals surface area contributed by atoms with Gasteiger partial charge < -0.3 is 9.80 Å². The summed E-state index contributed by atoms with van der Waals surface area (Å²) in [5, 5.41) is 3.36. The molecule has 2 aliphatic rings. The molecular formula is C17H25N3O. The number of rotatable bonds is 3. The third kappa shape index (κ3) is 3.27. The van der Waals surface area contributed by atoms with Crippen molar-refractivity contribution in [3.8, 4) is 0 Å². The lowest BCUT2D eigenvalue weighted by molar-refractivity contribution is -0.128. The third-order valence-electron chi connectivity index (χ3n) is 4.76. The molecular weight excluding hydrogens is 262 g/mol. The Labute approximate surface area is 127 Å². The van der Waals surface area contributed by atoms with E-state index in [1.165, 1.54) is 24.0 Å². The van der Waals surface area contributed by atoms with Crippen LogP contribution in [0.15, 0.2) is 24.3 Å². The van der Waals surface area contributed by atoms with Gasteiger partial charge in [-0.2, -0.15) is 0 Å². The molecule has 0 saturated carbocycles. The Hall–Kier alpha value is -1.39. The highest BCUT2D eigenvalue weighted by atomic mass is 16.2. The first kappa shape index (κ1) is 14.5. The minimum absolute atomic E-state index is 0.0535. The summed E-state index contributed by atoms with van der Waals surface area (Å²) in [6, 6.07) is 8.50. The van der Waals surface area contributed by atoms with Gasteiger partial charge in [-0.05, 0) is 51.4 Å². The van der Waals surface area contributed by atoms with E-state index >= 15 is 0 Å². The van der Waals surface area contributed by atoms with Gasteiger partial charge in [0.2, 0.25) is 5.91 Å². The fourth-order valence-electron chi connectivity index (χ4n) is 3.32. The Kier molecular flexibility index (Phi) is 4.27. The summed E-state index contributed by atoms with van der Waals surface area (Å²) in [6.07, 6.45) is 2.44. The predicted octanol–water partition coefficient (Wildman–Crippen LogP) is 1.77. The SMILES string of the molecule is Cc1ccc(C2NCC(=O)N2CC2CCN(C)CC2)cc1. The first-order chi connectivity index (χ1) is 10.1. The van der Waals surface area contributed by atoms with Gasteiger partial charge in [-0.1, -0.05) is 29.8 Å². The van der Waals surface area contributed by atoms with Crippen LogP contribution in [-0.4, -0.2) is 48.9 Å². The van der Waals surface area contributed by atoms with Gasteiger partial charge in [0, 0.05) is 6.54 Å². The van der Waals surface area contributed by atoms with Crippen molar-refractivity contribution in [3.63, 3.8) is 0 Å². The summed E-state index contributed by atoms with van der Waals surface area (Å²) in [5.41, 5.74) is 2.45. The molecule has 4 heteroatoms. The van der Waals surface area contributed by atoms with Crippen molar-refractivity contribution in [1.29, 1.82) is 0 Å². The van der Waals surface area contributed by atoms with Crippen LogP contribution < -0.4 is 5.32 Å². The van der Waals surface area contributed by atoms with E-state index in [0.717, 1.165) is 19.6 Å². The summed E-state index contributed by atoms with van der Waals surface area (Å²) in [6.45, 7) is 5.74. The van der Waals surface area contributed by atoms with Crippen LogP contribution in [0.2, 0.25) is 0 Å². The van der Waals surface area contributed by atoms with Gasteiger partial charge in [-0.25, -0.2) is 0 Å². The Morgan fingerprint density at radius 3 is 2.52 bits per heavy atom. The van der Waals surface area contributed by atoms with Crippen molar-refractivity contribution >= 4 is 5.91 Å². The topological polar surface area (TPSA) is 35.6 Å². The van der Waals surface area contributed by atoms with Crippen molar-refractivity contribution in [2.24, 2.45) is 5.92 Å². The summed E-state index contributed by atoms with van der Waals surface area (Å²) < 4.78 is 0. The summed E-state index contributed by atoms with van der Waals surface area (Å²) in [4.78, 5) is 16.6. The molecule has 2 heterocycles. The van der Waals surface area contributed by atoms with Crippen molar-refractivity contribution in [2.75, 3.05) is 33.2 Å². The fraction of sp³-hybridized carbons (Fsp3) is 0.588. The van der Waals surface area contributed by atoms with Gasteiger partial charge >= 0.3 is 0 Å². The quantitative estimate of drug-likeness (QED) is 0.920. The van der Waals surface area contributed by atoms with Crippen LogP contribution in [0.1, 0.15) is 30.1 Å². The number of likely N-dealkylation sites (tertiary alicyclic amines) is 1. The zero-order valence-electron chi connectivity index (χ0n) is 13.0. The number of nitrogens with zero attached hydrogens (tertiary/aromatic N) is 2. The van der Waals surface area contributed by atoms with Crippen LogP contribution in [0, 0.1) is 12.8 Å². The average Bonchev–Trinajstić information content (AvgIpc) is 2.84. The Bertz CT molecular complexity index is 491. The van der Waals surface area contributed by atoms with E-state index in [-0.39, 0.29) is 12.1 Å². The molecule has 1 N–H and O–H groups in total. The van der Waals surface area contributed by atoms with E-state index in [1.807, 2.05) is 4.90 Å². The molecule has 2 fully saturated rings. The first-order valence-electron chi connectivity index (χ1n) is 7.91. The highest BCUT2D eigenvalue weighted by Crippen LogP contribution is 2.26. The standard InChI is InChI=1S/C17H25N3O/c1-13-3-5-15(6-4-13)17-18-11-16(21)20(17)12-14-7-9-19(2)10-8-14/h3-6,14,17-18H,7-12H2,1-2H3. The van der Waals surface area contributed by atoms with Crippen LogP contribution in [-0.2, 0) is 4.79 Å². The Balaban J connectivity index is 1.69. The maximum Gasteiger partial charge on any atom is 0.238 e. The van der Waals surface area contributed by atoms with E-state index < -0.39 is 0 Å². The van der Waals surface area contributed by atoms with Crippen LogP contribution in [0.25, 0.3) is 0 Å². The normalized spacial score (nSPS) is 24.8. The molecule has 1 aromatic carbocycles. The van der Waals surface area contributed by atoms with E-state index in [2.05, 4.69) is 48.5 Å². The fourth-order valence-corrected chi connectivity index (χ4v) is 3.32. The second-order valence-electron chi connectivity index (χ2n) is 6.49. The molecule has 2 saturated heterocycles. The molecule has 114 valence electrons. The van der Waals surface area contributed by atoms with Gasteiger partial charge in [0.05, 0.1) is 6.54 Å². The number of carbonyl (C=O) groups excluding carboxylic acids is 1. The van der Waals surface area contributed by atoms with E-state index in [4.69, 9.17) is 0 Å². The Morgan fingerprint density at radius 1 is 1.19 bits per heavy atom. The zero-order chi connectivity index (χ0) is 14.8. The van der Waals surface area contributed by atoms with Crippen LogP contribution in [0.5, 0.6) is 0 Å². The molecule has 0 bridgehead atoms. The Morgan fingerprint density at radius 2 is 1.86 bits per heavy atom. The lowest BCUT2D eigenvalue weighted by atomic mass is 9.96. The minimum atomic E-state index is 0.0535. The molecule has 0 aliphatic carbocycles. The van der Waals surface area contributed by atoms with Crippen molar-refractivity contribution in [1.82, 2.24) is 15.1 Å². The first-order valence-corrected chi connectivity index (χ1v) is 7.91. The van der Waals surface area contributed by atoms with Crippen molar-refractivity contribution in [2.45, 2.75) is 25.9 Å². The maximum atomic E-state index is 12.2. The third-order valence-corrected chi connectivity index (χ3v) is 4.76. The minimum Gasteiger partial charge on any atom is -0.322 e. The summed E-state index contributed by atoms with van der Waals surface area (Å²) in [7, 11) is 2.17. The van der Waals surface area contributed by atoms with Crippen molar-refractivity contribution in [3.05, 3.63) is 35.4 Å². The van der Waals surface area contributed by atoms with Gasteiger partial charge in [-0.15, -0.1) is 0 Å².